The Kier molecular flexibility index (Phi) is 3.09. The summed E-state index contributed by atoms with van der Waals surface area (Å²) in [4.78, 5) is 0. The second-order valence-corrected chi connectivity index (χ2v) is 5.71. The van der Waals surface area contributed by atoms with Crippen molar-refractivity contribution in [1.29, 1.82) is 0 Å². The van der Waals surface area contributed by atoms with E-state index < -0.39 is 67.1 Å². The van der Waals surface area contributed by atoms with Crippen LogP contribution >= 0.6 is 0 Å². The molecule has 1 aromatic rings. The maximum Gasteiger partial charge on any atom is 0.435 e. The molecule has 22 heavy (non-hydrogen) atoms. The average molecular weight is 332 g/mol. The topological polar surface area (TPSA) is 38.1 Å². The second kappa shape index (κ2) is 4.36. The number of aliphatic hydroxyl groups is 1. The van der Waals surface area contributed by atoms with Crippen LogP contribution in [0.25, 0.3) is 0 Å². The molecule has 1 aromatic heterocycles. The van der Waals surface area contributed by atoms with Crippen molar-refractivity contribution in [3.8, 4) is 0 Å². The van der Waals surface area contributed by atoms with Gasteiger partial charge in [-0.25, -0.2) is 17.6 Å². The maximum absolute atomic E-state index is 13.5. The summed E-state index contributed by atoms with van der Waals surface area (Å²) in [5.74, 6) is -7.82. The third-order valence-corrected chi connectivity index (χ3v) is 4.08. The lowest BCUT2D eigenvalue weighted by Gasteiger charge is -2.28. The third-order valence-electron chi connectivity index (χ3n) is 4.08. The maximum atomic E-state index is 13.5. The van der Waals surface area contributed by atoms with Gasteiger partial charge in [-0.2, -0.15) is 18.3 Å². The SMILES string of the molecule is OC1c2c(C(F)(F)F)nn(C[C@H]3CC3(F)F)c2CCC1(F)F. The van der Waals surface area contributed by atoms with Gasteiger partial charge in [-0.3, -0.25) is 4.68 Å². The Morgan fingerprint density at radius 2 is 1.77 bits per heavy atom. The summed E-state index contributed by atoms with van der Waals surface area (Å²) < 4.78 is 92.3. The van der Waals surface area contributed by atoms with Gasteiger partial charge in [0.15, 0.2) is 5.69 Å². The molecule has 1 saturated carbocycles. The van der Waals surface area contributed by atoms with E-state index in [0.29, 0.717) is 4.68 Å². The van der Waals surface area contributed by atoms with E-state index in [9.17, 15) is 35.8 Å². The molecule has 0 amide bonds. The molecular formula is C12H11F7N2O. The van der Waals surface area contributed by atoms with Crippen LogP contribution < -0.4 is 0 Å². The van der Waals surface area contributed by atoms with Gasteiger partial charge >= 0.3 is 6.18 Å². The van der Waals surface area contributed by atoms with E-state index in [1.807, 2.05) is 0 Å². The van der Waals surface area contributed by atoms with Crippen LogP contribution in [0.2, 0.25) is 0 Å². The van der Waals surface area contributed by atoms with Gasteiger partial charge in [0.2, 0.25) is 0 Å². The van der Waals surface area contributed by atoms with Crippen molar-refractivity contribution >= 4 is 0 Å². The van der Waals surface area contributed by atoms with Crippen molar-refractivity contribution in [3.05, 3.63) is 17.0 Å². The van der Waals surface area contributed by atoms with Crippen LogP contribution in [0.5, 0.6) is 0 Å². The van der Waals surface area contributed by atoms with Crippen molar-refractivity contribution < 1.29 is 35.8 Å². The normalized spacial score (nSPS) is 29.3. The fourth-order valence-electron chi connectivity index (χ4n) is 2.73. The van der Waals surface area contributed by atoms with Gasteiger partial charge in [0.25, 0.3) is 11.8 Å². The van der Waals surface area contributed by atoms with E-state index in [0.717, 1.165) is 0 Å². The van der Waals surface area contributed by atoms with E-state index in [4.69, 9.17) is 0 Å². The summed E-state index contributed by atoms with van der Waals surface area (Å²) in [5.41, 5.74) is -2.86. The van der Waals surface area contributed by atoms with Gasteiger partial charge in [0.1, 0.15) is 6.10 Å². The predicted molar refractivity (Wildman–Crippen MR) is 58.5 cm³/mol. The third kappa shape index (κ3) is 2.37. The molecule has 2 atom stereocenters. The first-order valence-corrected chi connectivity index (χ1v) is 6.54. The van der Waals surface area contributed by atoms with Crippen LogP contribution in [0.15, 0.2) is 0 Å². The number of nitrogens with zero attached hydrogens (tertiary/aromatic N) is 2. The fraction of sp³-hybridized carbons (Fsp3) is 0.750. The Hall–Kier alpha value is -1.32. The number of hydrogen-bond acceptors (Lipinski definition) is 2. The van der Waals surface area contributed by atoms with Crippen LogP contribution in [-0.2, 0) is 19.1 Å². The molecule has 1 N–H and O–H groups in total. The first kappa shape index (κ1) is 15.6. The van der Waals surface area contributed by atoms with Crippen molar-refractivity contribution in [3.63, 3.8) is 0 Å². The van der Waals surface area contributed by atoms with Crippen LogP contribution in [0.4, 0.5) is 30.7 Å². The van der Waals surface area contributed by atoms with Gasteiger partial charge in [-0.05, 0) is 6.42 Å². The predicted octanol–water partition coefficient (Wildman–Crippen LogP) is 3.17. The molecule has 0 bridgehead atoms. The van der Waals surface area contributed by atoms with E-state index in [1.165, 1.54) is 0 Å². The summed E-state index contributed by atoms with van der Waals surface area (Å²) >= 11 is 0. The van der Waals surface area contributed by atoms with Crippen molar-refractivity contribution in [1.82, 2.24) is 9.78 Å². The number of fused-ring (bicyclic) bond motifs is 1. The minimum absolute atomic E-state index is 0.242. The summed E-state index contributed by atoms with van der Waals surface area (Å²) in [6.07, 6.45) is -9.47. The minimum atomic E-state index is -5.05. The standard InChI is InChI=1S/C12H11F7N2O/c13-10(14)2-1-6-7(9(10)22)8(12(17,18)19)20-21(6)4-5-3-11(5,15)16/h5,9,22H,1-4H2/t5-,9?/m1/s1. The smallest absolute Gasteiger partial charge is 0.382 e. The zero-order chi connectivity index (χ0) is 16.5. The van der Waals surface area contributed by atoms with Crippen molar-refractivity contribution in [2.75, 3.05) is 0 Å². The molecule has 0 aliphatic heterocycles. The highest BCUT2D eigenvalue weighted by molar-refractivity contribution is 5.35. The molecule has 2 aliphatic rings. The Morgan fingerprint density at radius 1 is 1.18 bits per heavy atom. The lowest BCUT2D eigenvalue weighted by Crippen LogP contribution is -2.33. The quantitative estimate of drug-likeness (QED) is 0.845. The summed E-state index contributed by atoms with van der Waals surface area (Å²) in [6.45, 7) is -0.482. The summed E-state index contributed by atoms with van der Waals surface area (Å²) in [5, 5.41) is 12.7. The van der Waals surface area contributed by atoms with E-state index in [2.05, 4.69) is 5.10 Å². The molecule has 0 radical (unpaired) electrons. The highest BCUT2D eigenvalue weighted by Gasteiger charge is 2.58. The minimum Gasteiger partial charge on any atom is -0.382 e. The van der Waals surface area contributed by atoms with Gasteiger partial charge in [0.05, 0.1) is 0 Å². The Labute approximate surface area is 119 Å². The molecule has 10 heteroatoms. The molecule has 0 spiro atoms. The molecule has 0 saturated heterocycles. The molecule has 0 aromatic carbocycles. The van der Waals surface area contributed by atoms with E-state index in [1.54, 1.807) is 0 Å². The van der Waals surface area contributed by atoms with Crippen molar-refractivity contribution in [2.45, 2.75) is 49.9 Å². The molecule has 1 fully saturated rings. The zero-order valence-electron chi connectivity index (χ0n) is 11.0. The molecule has 124 valence electrons. The van der Waals surface area contributed by atoms with E-state index in [-0.39, 0.29) is 5.69 Å². The highest BCUT2D eigenvalue weighted by Crippen LogP contribution is 2.51. The second-order valence-electron chi connectivity index (χ2n) is 5.71. The first-order chi connectivity index (χ1) is 9.93. The van der Waals surface area contributed by atoms with Gasteiger partial charge in [0, 0.05) is 36.6 Å². The van der Waals surface area contributed by atoms with Gasteiger partial charge in [-0.1, -0.05) is 0 Å². The molecule has 1 heterocycles. The highest BCUT2D eigenvalue weighted by atomic mass is 19.4. The monoisotopic (exact) mass is 332 g/mol. The van der Waals surface area contributed by atoms with Crippen molar-refractivity contribution in [2.24, 2.45) is 5.92 Å². The van der Waals surface area contributed by atoms with Gasteiger partial charge < -0.3 is 5.11 Å². The number of halogens is 7. The van der Waals surface area contributed by atoms with Crippen LogP contribution in [0.1, 0.15) is 35.9 Å². The van der Waals surface area contributed by atoms with Crippen LogP contribution in [0, 0.1) is 5.92 Å². The first-order valence-electron chi connectivity index (χ1n) is 6.54. The zero-order valence-corrected chi connectivity index (χ0v) is 11.0. The molecular weight excluding hydrogens is 321 g/mol. The lowest BCUT2D eigenvalue weighted by molar-refractivity contribution is -0.150. The molecule has 1 unspecified atom stereocenters. The molecule has 2 aliphatic carbocycles. The van der Waals surface area contributed by atoms with E-state index >= 15 is 0 Å². The largest absolute Gasteiger partial charge is 0.435 e. The van der Waals surface area contributed by atoms with Crippen LogP contribution in [-0.4, -0.2) is 26.7 Å². The summed E-state index contributed by atoms with van der Waals surface area (Å²) in [7, 11) is 0. The number of rotatable bonds is 2. The summed E-state index contributed by atoms with van der Waals surface area (Å²) in [6, 6.07) is 0. The average Bonchev–Trinajstić information content (AvgIpc) is 2.80. The Bertz CT molecular complexity index is 607. The molecule has 3 nitrogen and oxygen atoms in total. The molecule has 3 rings (SSSR count). The number of alkyl halides is 7. The fourth-order valence-corrected chi connectivity index (χ4v) is 2.73. The Morgan fingerprint density at radius 3 is 2.27 bits per heavy atom. The number of aromatic nitrogens is 2. The van der Waals surface area contributed by atoms with Crippen LogP contribution in [0.3, 0.4) is 0 Å². The Balaban J connectivity index is 2.04. The number of aliphatic hydroxyl groups excluding tert-OH is 1. The van der Waals surface area contributed by atoms with Gasteiger partial charge in [-0.15, -0.1) is 0 Å². The number of hydrogen-bond donors (Lipinski definition) is 1. The lowest BCUT2D eigenvalue weighted by atomic mass is 9.89.